The van der Waals surface area contributed by atoms with Crippen LogP contribution in [0.2, 0.25) is 0 Å². The van der Waals surface area contributed by atoms with Crippen molar-refractivity contribution in [2.75, 3.05) is 11.1 Å². The summed E-state index contributed by atoms with van der Waals surface area (Å²) in [6.07, 6.45) is 0. The van der Waals surface area contributed by atoms with Gasteiger partial charge in [0.05, 0.1) is 0 Å². The van der Waals surface area contributed by atoms with Gasteiger partial charge in [0.15, 0.2) is 11.5 Å². The highest BCUT2D eigenvalue weighted by Crippen LogP contribution is 2.16. The standard InChI is InChI=1S/C8H10N6O/c1-3-10-5-6(9)13-8(12-4(2)15)14-7(5)11-3/h1-2H3,(H4,9,10,11,12,13,14,15). The minimum atomic E-state index is -0.249. The molecule has 4 N–H and O–H groups in total. The predicted molar refractivity (Wildman–Crippen MR) is 55.1 cm³/mol. The van der Waals surface area contributed by atoms with Crippen LogP contribution in [-0.4, -0.2) is 25.8 Å². The van der Waals surface area contributed by atoms with Gasteiger partial charge < -0.3 is 10.7 Å². The minimum absolute atomic E-state index is 0.166. The molecule has 0 aliphatic heterocycles. The maximum Gasteiger partial charge on any atom is 0.233 e. The van der Waals surface area contributed by atoms with Crippen molar-refractivity contribution < 1.29 is 4.79 Å². The number of amides is 1. The largest absolute Gasteiger partial charge is 0.382 e. The van der Waals surface area contributed by atoms with Crippen LogP contribution in [-0.2, 0) is 4.79 Å². The summed E-state index contributed by atoms with van der Waals surface area (Å²) >= 11 is 0. The molecule has 7 nitrogen and oxygen atoms in total. The third-order valence-electron chi connectivity index (χ3n) is 1.79. The van der Waals surface area contributed by atoms with Crippen LogP contribution in [0, 0.1) is 6.92 Å². The topological polar surface area (TPSA) is 110 Å². The number of nitrogens with two attached hydrogens (primary N) is 1. The summed E-state index contributed by atoms with van der Waals surface area (Å²) in [4.78, 5) is 25.8. The second kappa shape index (κ2) is 3.19. The molecule has 7 heteroatoms. The normalized spacial score (nSPS) is 10.5. The lowest BCUT2D eigenvalue weighted by Crippen LogP contribution is -2.10. The first kappa shape index (κ1) is 9.38. The van der Waals surface area contributed by atoms with Crippen molar-refractivity contribution in [1.82, 2.24) is 19.9 Å². The Kier molecular flexibility index (Phi) is 2.00. The van der Waals surface area contributed by atoms with E-state index in [4.69, 9.17) is 5.73 Å². The van der Waals surface area contributed by atoms with Crippen molar-refractivity contribution in [2.24, 2.45) is 0 Å². The molecule has 15 heavy (non-hydrogen) atoms. The van der Waals surface area contributed by atoms with Gasteiger partial charge in [-0.25, -0.2) is 4.98 Å². The van der Waals surface area contributed by atoms with Crippen LogP contribution in [0.15, 0.2) is 0 Å². The number of hydrogen-bond acceptors (Lipinski definition) is 5. The first-order valence-corrected chi connectivity index (χ1v) is 4.33. The van der Waals surface area contributed by atoms with E-state index in [9.17, 15) is 4.79 Å². The number of nitrogens with one attached hydrogen (secondary N) is 2. The van der Waals surface area contributed by atoms with E-state index < -0.39 is 0 Å². The molecule has 0 aromatic carbocycles. The molecule has 0 unspecified atom stereocenters. The molecule has 2 heterocycles. The summed E-state index contributed by atoms with van der Waals surface area (Å²) in [6.45, 7) is 3.17. The molecule has 0 fully saturated rings. The first-order valence-electron chi connectivity index (χ1n) is 4.33. The number of nitrogen functional groups attached to an aromatic ring is 1. The minimum Gasteiger partial charge on any atom is -0.382 e. The molecule has 1 amide bonds. The van der Waals surface area contributed by atoms with Gasteiger partial charge >= 0.3 is 0 Å². The Morgan fingerprint density at radius 3 is 2.80 bits per heavy atom. The van der Waals surface area contributed by atoms with Crippen LogP contribution in [0.1, 0.15) is 12.7 Å². The Morgan fingerprint density at radius 2 is 2.13 bits per heavy atom. The summed E-state index contributed by atoms with van der Waals surface area (Å²) < 4.78 is 0. The molecule has 2 rings (SSSR count). The lowest BCUT2D eigenvalue weighted by Gasteiger charge is -2.00. The van der Waals surface area contributed by atoms with E-state index in [-0.39, 0.29) is 17.7 Å². The Labute approximate surface area is 85.1 Å². The number of fused-ring (bicyclic) bond motifs is 1. The summed E-state index contributed by atoms with van der Waals surface area (Å²) in [5, 5.41) is 2.45. The molecular weight excluding hydrogens is 196 g/mol. The van der Waals surface area contributed by atoms with Crippen LogP contribution >= 0.6 is 0 Å². The highest BCUT2D eigenvalue weighted by molar-refractivity contribution is 5.89. The van der Waals surface area contributed by atoms with E-state index in [0.29, 0.717) is 17.0 Å². The van der Waals surface area contributed by atoms with Gasteiger partial charge in [-0.05, 0) is 6.92 Å². The third kappa shape index (κ3) is 1.71. The van der Waals surface area contributed by atoms with E-state index >= 15 is 0 Å². The van der Waals surface area contributed by atoms with Gasteiger partial charge in [-0.2, -0.15) is 9.97 Å². The lowest BCUT2D eigenvalue weighted by molar-refractivity contribution is -0.114. The molecule has 78 valence electrons. The second-order valence-electron chi connectivity index (χ2n) is 3.13. The number of aryl methyl sites for hydroxylation is 1. The smallest absolute Gasteiger partial charge is 0.233 e. The monoisotopic (exact) mass is 206 g/mol. The van der Waals surface area contributed by atoms with Crippen molar-refractivity contribution in [3.8, 4) is 0 Å². The summed E-state index contributed by atoms with van der Waals surface area (Å²) in [7, 11) is 0. The summed E-state index contributed by atoms with van der Waals surface area (Å²) in [6, 6.07) is 0. The molecule has 0 saturated carbocycles. The van der Waals surface area contributed by atoms with Gasteiger partial charge in [-0.1, -0.05) is 0 Å². The molecule has 2 aromatic heterocycles. The van der Waals surface area contributed by atoms with Crippen LogP contribution < -0.4 is 11.1 Å². The van der Waals surface area contributed by atoms with Crippen molar-refractivity contribution in [3.63, 3.8) is 0 Å². The quantitative estimate of drug-likeness (QED) is 0.617. The van der Waals surface area contributed by atoms with Crippen LogP contribution in [0.3, 0.4) is 0 Å². The number of rotatable bonds is 1. The Bertz CT molecular complexity index is 531. The predicted octanol–water partition coefficient (Wildman–Crippen LogP) is 0.202. The second-order valence-corrected chi connectivity index (χ2v) is 3.13. The molecule has 0 aliphatic rings. The van der Waals surface area contributed by atoms with Crippen molar-refractivity contribution in [3.05, 3.63) is 5.82 Å². The fourth-order valence-corrected chi connectivity index (χ4v) is 1.25. The van der Waals surface area contributed by atoms with Crippen molar-refractivity contribution >= 4 is 28.8 Å². The zero-order valence-corrected chi connectivity index (χ0v) is 8.33. The number of H-pyrrole nitrogens is 1. The van der Waals surface area contributed by atoms with Crippen LogP contribution in [0.5, 0.6) is 0 Å². The Morgan fingerprint density at radius 1 is 1.40 bits per heavy atom. The van der Waals surface area contributed by atoms with Gasteiger partial charge in [0.25, 0.3) is 0 Å². The van der Waals surface area contributed by atoms with Gasteiger partial charge in [0.1, 0.15) is 11.3 Å². The van der Waals surface area contributed by atoms with E-state index in [1.54, 1.807) is 6.92 Å². The Balaban J connectivity index is 2.56. The number of carbonyl (C=O) groups is 1. The summed E-state index contributed by atoms with van der Waals surface area (Å²) in [5.41, 5.74) is 6.71. The average molecular weight is 206 g/mol. The lowest BCUT2D eigenvalue weighted by atomic mass is 10.5. The fourth-order valence-electron chi connectivity index (χ4n) is 1.25. The average Bonchev–Trinajstić information content (AvgIpc) is 2.44. The third-order valence-corrected chi connectivity index (χ3v) is 1.79. The highest BCUT2D eigenvalue weighted by atomic mass is 16.1. The van der Waals surface area contributed by atoms with Crippen LogP contribution in [0.25, 0.3) is 11.2 Å². The summed E-state index contributed by atoms with van der Waals surface area (Å²) in [5.74, 6) is 0.885. The molecule has 0 radical (unpaired) electrons. The Hall–Kier alpha value is -2.18. The molecule has 0 bridgehead atoms. The van der Waals surface area contributed by atoms with Crippen molar-refractivity contribution in [2.45, 2.75) is 13.8 Å². The number of hydrogen-bond donors (Lipinski definition) is 3. The van der Waals surface area contributed by atoms with Crippen molar-refractivity contribution in [1.29, 1.82) is 0 Å². The maximum absolute atomic E-state index is 10.8. The molecule has 2 aromatic rings. The SMILES string of the molecule is CC(=O)Nc1nc(N)c2[nH]c(C)nc2n1. The number of imidazole rings is 1. The fraction of sp³-hybridized carbons (Fsp3) is 0.250. The van der Waals surface area contributed by atoms with Crippen LogP contribution in [0.4, 0.5) is 11.8 Å². The van der Waals surface area contributed by atoms with Gasteiger partial charge in [0.2, 0.25) is 11.9 Å². The zero-order valence-electron chi connectivity index (χ0n) is 8.33. The molecule has 0 spiro atoms. The zero-order chi connectivity index (χ0) is 11.0. The van der Waals surface area contributed by atoms with Gasteiger partial charge in [0, 0.05) is 6.92 Å². The van der Waals surface area contributed by atoms with E-state index in [1.165, 1.54) is 6.92 Å². The number of carbonyl (C=O) groups excluding carboxylic acids is 1. The van der Waals surface area contributed by atoms with Gasteiger partial charge in [-0.15, -0.1) is 0 Å². The highest BCUT2D eigenvalue weighted by Gasteiger charge is 2.09. The van der Waals surface area contributed by atoms with Gasteiger partial charge in [-0.3, -0.25) is 10.1 Å². The molecular formula is C8H10N6O. The number of aromatic nitrogens is 4. The number of aromatic amines is 1. The number of nitrogens with zero attached hydrogens (tertiary/aromatic N) is 3. The van der Waals surface area contributed by atoms with E-state index in [1.807, 2.05) is 0 Å². The number of anilines is 2. The maximum atomic E-state index is 10.8. The molecule has 0 atom stereocenters. The first-order chi connectivity index (χ1) is 7.06. The van der Waals surface area contributed by atoms with E-state index in [2.05, 4.69) is 25.3 Å². The molecule has 0 aliphatic carbocycles. The van der Waals surface area contributed by atoms with E-state index in [0.717, 1.165) is 0 Å². The molecule has 0 saturated heterocycles.